The molecule has 0 spiro atoms. The van der Waals surface area contributed by atoms with E-state index in [1.807, 2.05) is 24.4 Å². The minimum Gasteiger partial charge on any atom is -0.354 e. The van der Waals surface area contributed by atoms with Crippen molar-refractivity contribution in [1.29, 1.82) is 0 Å². The molecule has 1 aromatic heterocycles. The van der Waals surface area contributed by atoms with Crippen LogP contribution >= 0.6 is 0 Å². The molecule has 3 aromatic carbocycles. The van der Waals surface area contributed by atoms with Gasteiger partial charge in [0.05, 0.1) is 10.6 Å². The van der Waals surface area contributed by atoms with Crippen LogP contribution in [-0.4, -0.2) is 55.4 Å². The van der Waals surface area contributed by atoms with E-state index >= 15 is 0 Å². The molecule has 0 bridgehead atoms. The van der Waals surface area contributed by atoms with Crippen LogP contribution in [0.2, 0.25) is 0 Å². The minimum absolute atomic E-state index is 0.0959. The summed E-state index contributed by atoms with van der Waals surface area (Å²) in [6, 6.07) is 22.0. The SMILES string of the molecule is CC(=O)Nc1ccc(S(=O)(=O)Nc2ccc(C3Cc4cnc(NCCCN5CCCC5)nc4-c4ccccc43)cc2)cc1. The van der Waals surface area contributed by atoms with Crippen molar-refractivity contribution < 1.29 is 13.2 Å². The topological polar surface area (TPSA) is 116 Å². The number of nitrogens with zero attached hydrogens (tertiary/aromatic N) is 3. The van der Waals surface area contributed by atoms with Gasteiger partial charge in [-0.25, -0.2) is 18.4 Å². The number of benzene rings is 3. The lowest BCUT2D eigenvalue weighted by molar-refractivity contribution is -0.114. The molecule has 1 unspecified atom stereocenters. The molecule has 1 atom stereocenters. The molecule has 3 N–H and O–H groups in total. The van der Waals surface area contributed by atoms with Crippen molar-refractivity contribution in [2.24, 2.45) is 0 Å². The second kappa shape index (κ2) is 12.5. The van der Waals surface area contributed by atoms with Gasteiger partial charge < -0.3 is 15.5 Å². The summed E-state index contributed by atoms with van der Waals surface area (Å²) in [6.07, 6.45) is 6.38. The van der Waals surface area contributed by atoms with Crippen LogP contribution in [0.1, 0.15) is 48.8 Å². The van der Waals surface area contributed by atoms with E-state index in [0.29, 0.717) is 17.3 Å². The van der Waals surface area contributed by atoms with Crippen LogP contribution in [0.4, 0.5) is 17.3 Å². The first-order valence-electron chi connectivity index (χ1n) is 14.8. The fraction of sp³-hybridized carbons (Fsp3) is 0.303. The van der Waals surface area contributed by atoms with Gasteiger partial charge >= 0.3 is 0 Å². The number of fused-ring (bicyclic) bond motifs is 3. The van der Waals surface area contributed by atoms with E-state index in [1.165, 1.54) is 50.6 Å². The summed E-state index contributed by atoms with van der Waals surface area (Å²) >= 11 is 0. The monoisotopic (exact) mass is 596 g/mol. The van der Waals surface area contributed by atoms with Crippen molar-refractivity contribution in [3.05, 3.63) is 95.7 Å². The molecule has 222 valence electrons. The third-order valence-corrected chi connectivity index (χ3v) is 9.46. The first kappa shape index (κ1) is 28.8. The van der Waals surface area contributed by atoms with Gasteiger partial charge in [0.15, 0.2) is 0 Å². The average Bonchev–Trinajstić information content (AvgIpc) is 3.53. The largest absolute Gasteiger partial charge is 0.354 e. The molecule has 10 heteroatoms. The molecule has 6 rings (SSSR count). The van der Waals surface area contributed by atoms with E-state index in [0.717, 1.165) is 48.3 Å². The molecular weight excluding hydrogens is 560 g/mol. The number of nitrogens with one attached hydrogen (secondary N) is 3. The number of anilines is 3. The lowest BCUT2D eigenvalue weighted by Crippen LogP contribution is -2.22. The third-order valence-electron chi connectivity index (χ3n) is 8.06. The third kappa shape index (κ3) is 6.71. The normalized spacial score (nSPS) is 16.3. The van der Waals surface area contributed by atoms with Gasteiger partial charge in [-0.1, -0.05) is 36.4 Å². The molecule has 43 heavy (non-hydrogen) atoms. The fourth-order valence-electron chi connectivity index (χ4n) is 5.95. The van der Waals surface area contributed by atoms with Gasteiger partial charge in [0.25, 0.3) is 10.0 Å². The first-order valence-corrected chi connectivity index (χ1v) is 16.3. The highest BCUT2D eigenvalue weighted by molar-refractivity contribution is 7.92. The Morgan fingerprint density at radius 1 is 0.953 bits per heavy atom. The molecule has 2 heterocycles. The fourth-order valence-corrected chi connectivity index (χ4v) is 7.00. The van der Waals surface area contributed by atoms with Crippen molar-refractivity contribution in [1.82, 2.24) is 14.9 Å². The zero-order valence-electron chi connectivity index (χ0n) is 24.2. The van der Waals surface area contributed by atoms with Gasteiger partial charge in [0, 0.05) is 42.5 Å². The highest BCUT2D eigenvalue weighted by atomic mass is 32.2. The number of carbonyl (C=O) groups excluding carboxylic acids is 1. The number of likely N-dealkylation sites (tertiary alicyclic amines) is 1. The van der Waals surface area contributed by atoms with Gasteiger partial charge in [0.2, 0.25) is 11.9 Å². The van der Waals surface area contributed by atoms with Crippen LogP contribution in [0.25, 0.3) is 11.3 Å². The number of aromatic nitrogens is 2. The maximum atomic E-state index is 13.0. The highest BCUT2D eigenvalue weighted by Crippen LogP contribution is 2.42. The molecule has 1 fully saturated rings. The van der Waals surface area contributed by atoms with E-state index in [2.05, 4.69) is 43.4 Å². The van der Waals surface area contributed by atoms with Gasteiger partial charge in [-0.2, -0.15) is 0 Å². The maximum Gasteiger partial charge on any atom is 0.261 e. The van der Waals surface area contributed by atoms with Crippen LogP contribution in [0.5, 0.6) is 0 Å². The second-order valence-electron chi connectivity index (χ2n) is 11.2. The Morgan fingerprint density at radius 2 is 1.67 bits per heavy atom. The van der Waals surface area contributed by atoms with Gasteiger partial charge in [-0.05, 0) is 98.4 Å². The Bertz CT molecular complexity index is 1700. The first-order chi connectivity index (χ1) is 20.9. The highest BCUT2D eigenvalue weighted by Gasteiger charge is 2.27. The Hall–Kier alpha value is -4.28. The summed E-state index contributed by atoms with van der Waals surface area (Å²) in [7, 11) is -3.79. The van der Waals surface area contributed by atoms with Gasteiger partial charge in [-0.15, -0.1) is 0 Å². The summed E-state index contributed by atoms with van der Waals surface area (Å²) in [5.74, 6) is 0.541. The van der Waals surface area contributed by atoms with Crippen LogP contribution < -0.4 is 15.4 Å². The predicted octanol–water partition coefficient (Wildman–Crippen LogP) is 5.49. The molecule has 0 saturated carbocycles. The Balaban J connectivity index is 1.14. The summed E-state index contributed by atoms with van der Waals surface area (Å²) in [6.45, 7) is 5.78. The van der Waals surface area contributed by atoms with Crippen LogP contribution in [0.15, 0.2) is 83.9 Å². The van der Waals surface area contributed by atoms with Crippen molar-refractivity contribution in [3.63, 3.8) is 0 Å². The summed E-state index contributed by atoms with van der Waals surface area (Å²) in [4.78, 5) is 23.4. The van der Waals surface area contributed by atoms with E-state index in [1.54, 1.807) is 24.3 Å². The van der Waals surface area contributed by atoms with E-state index in [9.17, 15) is 13.2 Å². The zero-order chi connectivity index (χ0) is 29.8. The second-order valence-corrected chi connectivity index (χ2v) is 12.9. The Labute approximate surface area is 252 Å². The van der Waals surface area contributed by atoms with Gasteiger partial charge in [-0.3, -0.25) is 9.52 Å². The molecule has 1 aliphatic carbocycles. The number of carbonyl (C=O) groups is 1. The number of sulfonamides is 1. The molecule has 1 aliphatic heterocycles. The average molecular weight is 597 g/mol. The van der Waals surface area contributed by atoms with Crippen LogP contribution in [-0.2, 0) is 21.2 Å². The summed E-state index contributed by atoms with van der Waals surface area (Å²) < 4.78 is 28.6. The molecule has 1 saturated heterocycles. The number of amides is 1. The van der Waals surface area contributed by atoms with E-state index in [4.69, 9.17) is 4.98 Å². The molecule has 4 aromatic rings. The zero-order valence-corrected chi connectivity index (χ0v) is 25.0. The van der Waals surface area contributed by atoms with Crippen molar-refractivity contribution in [2.45, 2.75) is 43.4 Å². The summed E-state index contributed by atoms with van der Waals surface area (Å²) in [5.41, 5.74) is 6.46. The molecule has 2 aliphatic rings. The standard InChI is InChI=1S/C33H36N6O3S/c1-23(40)36-26-13-15-28(16-14-26)43(41,42)38-27-11-9-24(10-12-27)31-21-25-22-35-33(34-17-6-20-39-18-4-5-19-39)37-32(25)30-8-3-2-7-29(30)31/h2-3,7-16,22,31,38H,4-6,17-21H2,1H3,(H,36,40)(H,34,35,37). The van der Waals surface area contributed by atoms with Crippen LogP contribution in [0.3, 0.4) is 0 Å². The lowest BCUT2D eigenvalue weighted by Gasteiger charge is -2.27. The smallest absolute Gasteiger partial charge is 0.261 e. The molecule has 1 amide bonds. The van der Waals surface area contributed by atoms with E-state index < -0.39 is 10.0 Å². The molecule has 0 radical (unpaired) electrons. The number of hydrogen-bond donors (Lipinski definition) is 3. The quantitative estimate of drug-likeness (QED) is 0.207. The number of rotatable bonds is 10. The Morgan fingerprint density at radius 3 is 2.42 bits per heavy atom. The van der Waals surface area contributed by atoms with E-state index in [-0.39, 0.29) is 16.7 Å². The van der Waals surface area contributed by atoms with Crippen molar-refractivity contribution in [3.8, 4) is 11.3 Å². The Kier molecular flexibility index (Phi) is 8.40. The minimum atomic E-state index is -3.79. The molecular formula is C33H36N6O3S. The predicted molar refractivity (Wildman–Crippen MR) is 170 cm³/mol. The summed E-state index contributed by atoms with van der Waals surface area (Å²) in [5, 5.41) is 6.06. The van der Waals surface area contributed by atoms with Crippen LogP contribution in [0, 0.1) is 0 Å². The molecule has 9 nitrogen and oxygen atoms in total. The van der Waals surface area contributed by atoms with Crippen molar-refractivity contribution >= 4 is 33.3 Å². The van der Waals surface area contributed by atoms with Gasteiger partial charge in [0.1, 0.15) is 0 Å². The van der Waals surface area contributed by atoms with Crippen molar-refractivity contribution in [2.75, 3.05) is 41.5 Å². The lowest BCUT2D eigenvalue weighted by atomic mass is 9.78. The number of hydrogen-bond acceptors (Lipinski definition) is 7. The maximum absolute atomic E-state index is 13.0.